The first-order valence-electron chi connectivity index (χ1n) is 3.71. The van der Waals surface area contributed by atoms with E-state index in [-0.39, 0.29) is 5.56 Å². The molecule has 1 aromatic rings. The fraction of sp³-hybridized carbons (Fsp3) is 0.222. The minimum Gasteiger partial charge on any atom is -0.284 e. The summed E-state index contributed by atoms with van der Waals surface area (Å²) in [6.45, 7) is 0. The van der Waals surface area contributed by atoms with Gasteiger partial charge in [0.15, 0.2) is 0 Å². The molecule has 76 valence electrons. The minimum absolute atomic E-state index is 0.314. The molecule has 0 radical (unpaired) electrons. The van der Waals surface area contributed by atoms with E-state index in [1.165, 1.54) is 24.3 Å². The van der Waals surface area contributed by atoms with Crippen molar-refractivity contribution in [2.75, 3.05) is 0 Å². The third-order valence-corrected chi connectivity index (χ3v) is 2.51. The molecule has 0 amide bonds. The van der Waals surface area contributed by atoms with Crippen molar-refractivity contribution < 1.29 is 18.0 Å². The summed E-state index contributed by atoms with van der Waals surface area (Å²) in [6.07, 6.45) is -4.79. The van der Waals surface area contributed by atoms with Gasteiger partial charge in [-0.15, -0.1) is 0 Å². The van der Waals surface area contributed by atoms with E-state index in [1.807, 2.05) is 0 Å². The van der Waals surface area contributed by atoms with E-state index in [2.05, 4.69) is 22.6 Å². The van der Waals surface area contributed by atoms with Crippen LogP contribution in [0.4, 0.5) is 13.2 Å². The van der Waals surface area contributed by atoms with Gasteiger partial charge in [0.05, 0.1) is 0 Å². The lowest BCUT2D eigenvalue weighted by molar-refractivity contribution is -0.0885. The molecule has 0 saturated heterocycles. The zero-order chi connectivity index (χ0) is 10.8. The molecule has 0 aliphatic heterocycles. The maximum absolute atomic E-state index is 12.0. The second-order valence-corrected chi connectivity index (χ2v) is 3.42. The summed E-state index contributed by atoms with van der Waals surface area (Å²) in [4.78, 5) is 10.7. The molecule has 0 aromatic heterocycles. The number of benzene rings is 1. The molecule has 0 fully saturated rings. The molecule has 0 bridgehead atoms. The Hall–Kier alpha value is -0.590. The molecular weight excluding hydrogens is 308 g/mol. The monoisotopic (exact) mass is 314 g/mol. The van der Waals surface area contributed by atoms with Crippen LogP contribution in [0, 0.1) is 0 Å². The second kappa shape index (κ2) is 4.29. The summed E-state index contributed by atoms with van der Waals surface area (Å²) in [5.74, 6) is -1.79. The van der Waals surface area contributed by atoms with Crippen LogP contribution in [0.25, 0.3) is 0 Å². The molecule has 1 nitrogen and oxygen atoms in total. The highest BCUT2D eigenvalue weighted by Gasteiger charge is 2.38. The molecule has 1 rings (SSSR count). The molecular formula is C9H6F3IO. The van der Waals surface area contributed by atoms with E-state index in [9.17, 15) is 18.0 Å². The zero-order valence-electron chi connectivity index (χ0n) is 6.94. The predicted octanol–water partition coefficient (Wildman–Crippen LogP) is 3.37. The van der Waals surface area contributed by atoms with Crippen molar-refractivity contribution in [2.24, 2.45) is 0 Å². The lowest BCUT2D eigenvalue weighted by Crippen LogP contribution is -2.22. The maximum atomic E-state index is 12.0. The van der Waals surface area contributed by atoms with E-state index in [4.69, 9.17) is 0 Å². The summed E-state index contributed by atoms with van der Waals surface area (Å²) in [5.41, 5.74) is 0.579. The Labute approximate surface area is 92.4 Å². The van der Waals surface area contributed by atoms with E-state index >= 15 is 0 Å². The van der Waals surface area contributed by atoms with Gasteiger partial charge >= 0.3 is 6.18 Å². The number of hydrogen-bond acceptors (Lipinski definition) is 1. The van der Waals surface area contributed by atoms with Crippen LogP contribution in [0.2, 0.25) is 0 Å². The standard InChI is InChI=1S/C9H6F3IO/c10-9(11,12)8(14)7-3-1-6(5-13)2-4-7/h1-4H,5H2. The molecule has 0 N–H and O–H groups in total. The van der Waals surface area contributed by atoms with Crippen molar-refractivity contribution in [3.8, 4) is 0 Å². The van der Waals surface area contributed by atoms with Crippen LogP contribution in [0.3, 0.4) is 0 Å². The summed E-state index contributed by atoms with van der Waals surface area (Å²) >= 11 is 2.09. The van der Waals surface area contributed by atoms with Gasteiger partial charge in [-0.2, -0.15) is 13.2 Å². The molecule has 1 aromatic carbocycles. The average Bonchev–Trinajstić information content (AvgIpc) is 2.15. The van der Waals surface area contributed by atoms with Crippen LogP contribution in [0.1, 0.15) is 15.9 Å². The fourth-order valence-electron chi connectivity index (χ4n) is 0.909. The van der Waals surface area contributed by atoms with Gasteiger partial charge in [0.25, 0.3) is 5.78 Å². The van der Waals surface area contributed by atoms with Crippen LogP contribution >= 0.6 is 22.6 Å². The Balaban J connectivity index is 2.93. The van der Waals surface area contributed by atoms with E-state index in [0.29, 0.717) is 4.43 Å². The van der Waals surface area contributed by atoms with Crippen molar-refractivity contribution in [3.63, 3.8) is 0 Å². The van der Waals surface area contributed by atoms with Crippen LogP contribution in [0.15, 0.2) is 24.3 Å². The highest BCUT2D eigenvalue weighted by Crippen LogP contribution is 2.21. The van der Waals surface area contributed by atoms with Crippen LogP contribution in [-0.4, -0.2) is 12.0 Å². The summed E-state index contributed by atoms with van der Waals surface area (Å²) in [6, 6.07) is 5.43. The Kier molecular flexibility index (Phi) is 3.52. The van der Waals surface area contributed by atoms with Gasteiger partial charge in [-0.05, 0) is 5.56 Å². The number of carbonyl (C=O) groups excluding carboxylic acids is 1. The van der Waals surface area contributed by atoms with Gasteiger partial charge in [-0.1, -0.05) is 46.9 Å². The molecule has 0 aliphatic carbocycles. The number of alkyl halides is 4. The third-order valence-electron chi connectivity index (χ3n) is 1.63. The number of carbonyl (C=O) groups is 1. The normalized spacial score (nSPS) is 11.4. The highest BCUT2D eigenvalue weighted by molar-refractivity contribution is 14.1. The van der Waals surface area contributed by atoms with Crippen molar-refractivity contribution in [1.29, 1.82) is 0 Å². The van der Waals surface area contributed by atoms with E-state index in [1.54, 1.807) is 0 Å². The Morgan fingerprint density at radius 3 is 2.07 bits per heavy atom. The van der Waals surface area contributed by atoms with Crippen molar-refractivity contribution >= 4 is 28.4 Å². The first-order chi connectivity index (χ1) is 6.45. The minimum atomic E-state index is -4.79. The number of halogens is 4. The Bertz CT molecular complexity index is 329. The predicted molar refractivity (Wildman–Crippen MR) is 54.6 cm³/mol. The van der Waals surface area contributed by atoms with Crippen molar-refractivity contribution in [1.82, 2.24) is 0 Å². The molecule has 0 heterocycles. The van der Waals surface area contributed by atoms with Gasteiger partial charge in [0, 0.05) is 9.99 Å². The smallest absolute Gasteiger partial charge is 0.284 e. The molecule has 0 unspecified atom stereocenters. The lowest BCUT2D eigenvalue weighted by atomic mass is 10.1. The quantitative estimate of drug-likeness (QED) is 0.465. The van der Waals surface area contributed by atoms with Crippen molar-refractivity contribution in [3.05, 3.63) is 35.4 Å². The number of rotatable bonds is 2. The summed E-state index contributed by atoms with van der Waals surface area (Å²) in [5, 5.41) is 0. The van der Waals surface area contributed by atoms with Gasteiger partial charge < -0.3 is 0 Å². The summed E-state index contributed by atoms with van der Waals surface area (Å²) in [7, 11) is 0. The van der Waals surface area contributed by atoms with Crippen LogP contribution in [-0.2, 0) is 4.43 Å². The Morgan fingerprint density at radius 1 is 1.21 bits per heavy atom. The largest absolute Gasteiger partial charge is 0.454 e. The lowest BCUT2D eigenvalue weighted by Gasteiger charge is -2.05. The van der Waals surface area contributed by atoms with Gasteiger partial charge in [-0.3, -0.25) is 4.79 Å². The van der Waals surface area contributed by atoms with Crippen LogP contribution < -0.4 is 0 Å². The number of ketones is 1. The van der Waals surface area contributed by atoms with Crippen LogP contribution in [0.5, 0.6) is 0 Å². The zero-order valence-corrected chi connectivity index (χ0v) is 9.09. The maximum Gasteiger partial charge on any atom is 0.454 e. The van der Waals surface area contributed by atoms with Gasteiger partial charge in [0.2, 0.25) is 0 Å². The number of hydrogen-bond donors (Lipinski definition) is 0. The van der Waals surface area contributed by atoms with Gasteiger partial charge in [-0.25, -0.2) is 0 Å². The highest BCUT2D eigenvalue weighted by atomic mass is 127. The third kappa shape index (κ3) is 2.70. The first kappa shape index (κ1) is 11.5. The average molecular weight is 314 g/mol. The molecule has 5 heteroatoms. The SMILES string of the molecule is O=C(c1ccc(CI)cc1)C(F)(F)F. The fourth-order valence-corrected chi connectivity index (χ4v) is 1.42. The van der Waals surface area contributed by atoms with E-state index < -0.39 is 12.0 Å². The molecule has 14 heavy (non-hydrogen) atoms. The van der Waals surface area contributed by atoms with Crippen molar-refractivity contribution in [2.45, 2.75) is 10.6 Å². The molecule has 0 aliphatic rings. The molecule has 0 spiro atoms. The molecule has 0 atom stereocenters. The molecule has 0 saturated carbocycles. The number of Topliss-reactive ketones (excluding diaryl/α,β-unsaturated/α-hetero) is 1. The topological polar surface area (TPSA) is 17.1 Å². The second-order valence-electron chi connectivity index (χ2n) is 2.66. The summed E-state index contributed by atoms with van der Waals surface area (Å²) < 4.78 is 36.6. The first-order valence-corrected chi connectivity index (χ1v) is 5.24. The van der Waals surface area contributed by atoms with E-state index in [0.717, 1.165) is 5.56 Å². The van der Waals surface area contributed by atoms with Gasteiger partial charge in [0.1, 0.15) is 0 Å². The Morgan fingerprint density at radius 2 is 1.71 bits per heavy atom.